The first-order valence-electron chi connectivity index (χ1n) is 9.31. The fourth-order valence-electron chi connectivity index (χ4n) is 3.80. The number of anilines is 1. The summed E-state index contributed by atoms with van der Waals surface area (Å²) >= 11 is 6.05. The summed E-state index contributed by atoms with van der Waals surface area (Å²) < 4.78 is 1.94. The largest absolute Gasteiger partial charge is 0.360 e. The summed E-state index contributed by atoms with van der Waals surface area (Å²) in [7, 11) is 0. The second-order valence-corrected chi connectivity index (χ2v) is 7.66. The van der Waals surface area contributed by atoms with Gasteiger partial charge in [0.2, 0.25) is 5.28 Å². The topological polar surface area (TPSA) is 88.5 Å². The Bertz CT molecular complexity index is 1270. The molecule has 1 aliphatic carbocycles. The lowest BCUT2D eigenvalue weighted by atomic mass is 10.0. The molecule has 7 nitrogen and oxygen atoms in total. The smallest absolute Gasteiger partial charge is 0.259 e. The lowest BCUT2D eigenvalue weighted by molar-refractivity contribution is 0.636. The number of benzene rings is 1. The van der Waals surface area contributed by atoms with Gasteiger partial charge < -0.3 is 14.9 Å². The molecule has 5 rings (SSSR count). The van der Waals surface area contributed by atoms with Gasteiger partial charge in [0, 0.05) is 11.7 Å². The maximum absolute atomic E-state index is 13.3. The maximum atomic E-state index is 13.3. The molecule has 0 amide bonds. The van der Waals surface area contributed by atoms with Gasteiger partial charge in [-0.25, -0.2) is 4.98 Å². The maximum Gasteiger partial charge on any atom is 0.259 e. The number of hydrogen-bond donors (Lipinski definition) is 2. The van der Waals surface area contributed by atoms with E-state index < -0.39 is 0 Å². The average Bonchev–Trinajstić information content (AvgIpc) is 3.38. The van der Waals surface area contributed by atoms with Crippen molar-refractivity contribution in [3.8, 4) is 0 Å². The van der Waals surface area contributed by atoms with Crippen molar-refractivity contribution in [2.45, 2.75) is 38.8 Å². The summed E-state index contributed by atoms with van der Waals surface area (Å²) in [5.74, 6) is 0.569. The van der Waals surface area contributed by atoms with Crippen LogP contribution in [0.4, 0.5) is 5.82 Å². The van der Waals surface area contributed by atoms with Crippen LogP contribution in [-0.4, -0.2) is 24.5 Å². The van der Waals surface area contributed by atoms with Crippen molar-refractivity contribution in [3.63, 3.8) is 0 Å². The van der Waals surface area contributed by atoms with Crippen LogP contribution in [0.15, 0.2) is 35.4 Å². The Morgan fingerprint density at radius 2 is 2.14 bits per heavy atom. The van der Waals surface area contributed by atoms with Crippen LogP contribution in [-0.2, 0) is 0 Å². The summed E-state index contributed by atoms with van der Waals surface area (Å²) in [6, 6.07) is 8.17. The number of pyridine rings is 1. The van der Waals surface area contributed by atoms with E-state index in [4.69, 9.17) is 11.6 Å². The Balaban J connectivity index is 1.65. The molecule has 0 radical (unpaired) electrons. The Morgan fingerprint density at radius 3 is 2.93 bits per heavy atom. The normalized spacial score (nSPS) is 15.2. The molecule has 3 heterocycles. The Hall–Kier alpha value is -2.93. The van der Waals surface area contributed by atoms with Gasteiger partial charge in [-0.1, -0.05) is 18.2 Å². The van der Waals surface area contributed by atoms with Gasteiger partial charge in [-0.05, 0) is 55.3 Å². The van der Waals surface area contributed by atoms with E-state index in [9.17, 15) is 4.79 Å². The van der Waals surface area contributed by atoms with Gasteiger partial charge in [0.15, 0.2) is 11.5 Å². The number of imidazole rings is 1. The molecule has 3 aromatic heterocycles. The molecule has 4 aromatic rings. The van der Waals surface area contributed by atoms with Crippen LogP contribution in [0.3, 0.4) is 0 Å². The first-order chi connectivity index (χ1) is 13.5. The average molecular weight is 395 g/mol. The monoisotopic (exact) mass is 394 g/mol. The molecule has 2 N–H and O–H groups in total. The summed E-state index contributed by atoms with van der Waals surface area (Å²) in [6.45, 7) is 4.01. The number of fused-ring (bicyclic) bond motifs is 2. The second kappa shape index (κ2) is 6.31. The molecule has 1 saturated carbocycles. The van der Waals surface area contributed by atoms with Gasteiger partial charge in [-0.2, -0.15) is 9.97 Å². The first kappa shape index (κ1) is 17.2. The van der Waals surface area contributed by atoms with Gasteiger partial charge >= 0.3 is 0 Å². The molecule has 1 atom stereocenters. The van der Waals surface area contributed by atoms with E-state index in [0.717, 1.165) is 34.9 Å². The van der Waals surface area contributed by atoms with Crippen molar-refractivity contribution in [1.29, 1.82) is 0 Å². The number of rotatable bonds is 4. The molecule has 8 heteroatoms. The Labute approximate surface area is 165 Å². The van der Waals surface area contributed by atoms with E-state index in [1.165, 1.54) is 0 Å². The Kier molecular flexibility index (Phi) is 3.87. The molecule has 28 heavy (non-hydrogen) atoms. The highest BCUT2D eigenvalue weighted by atomic mass is 35.5. The zero-order chi connectivity index (χ0) is 19.4. The van der Waals surface area contributed by atoms with Gasteiger partial charge in [-0.15, -0.1) is 0 Å². The number of aryl methyl sites for hydroxylation is 1. The zero-order valence-corrected chi connectivity index (χ0v) is 16.3. The highest BCUT2D eigenvalue weighted by molar-refractivity contribution is 6.28. The quantitative estimate of drug-likeness (QED) is 0.508. The van der Waals surface area contributed by atoms with Crippen LogP contribution in [0, 0.1) is 6.92 Å². The van der Waals surface area contributed by atoms with Crippen molar-refractivity contribution in [2.75, 3.05) is 5.32 Å². The molecule has 0 spiro atoms. The highest BCUT2D eigenvalue weighted by Crippen LogP contribution is 2.37. The van der Waals surface area contributed by atoms with E-state index in [1.54, 1.807) is 6.33 Å². The van der Waals surface area contributed by atoms with Crippen LogP contribution >= 0.6 is 11.6 Å². The number of aromatic nitrogens is 5. The summed E-state index contributed by atoms with van der Waals surface area (Å²) in [5.41, 5.74) is 3.21. The zero-order valence-electron chi connectivity index (χ0n) is 15.5. The van der Waals surface area contributed by atoms with Crippen molar-refractivity contribution in [3.05, 3.63) is 57.5 Å². The SMILES string of the molecule is Cc1cccc2cc([C@H](C)Nc3nc(Cl)nc4nc[nH]c34)n(C3CC3)c(=O)c12. The molecule has 0 saturated heterocycles. The fourth-order valence-corrected chi connectivity index (χ4v) is 3.97. The van der Waals surface area contributed by atoms with Crippen LogP contribution in [0.1, 0.15) is 43.1 Å². The molecule has 1 fully saturated rings. The van der Waals surface area contributed by atoms with Crippen molar-refractivity contribution >= 4 is 39.4 Å². The number of H-pyrrole nitrogens is 1. The second-order valence-electron chi connectivity index (χ2n) is 7.32. The van der Waals surface area contributed by atoms with Gasteiger partial charge in [-0.3, -0.25) is 4.79 Å². The van der Waals surface area contributed by atoms with Crippen LogP contribution in [0.25, 0.3) is 21.9 Å². The van der Waals surface area contributed by atoms with Gasteiger partial charge in [0.05, 0.1) is 17.8 Å². The fraction of sp³-hybridized carbons (Fsp3) is 0.300. The van der Waals surface area contributed by atoms with Gasteiger partial charge in [0.1, 0.15) is 5.52 Å². The summed E-state index contributed by atoms with van der Waals surface area (Å²) in [6.07, 6.45) is 3.62. The minimum absolute atomic E-state index is 0.0779. The minimum Gasteiger partial charge on any atom is -0.360 e. The third-order valence-corrected chi connectivity index (χ3v) is 5.46. The number of nitrogens with zero attached hydrogens (tertiary/aromatic N) is 4. The summed E-state index contributed by atoms with van der Waals surface area (Å²) in [5, 5.41) is 5.27. The van der Waals surface area contributed by atoms with Crippen molar-refractivity contribution < 1.29 is 0 Å². The number of aromatic amines is 1. The molecule has 1 aliphatic rings. The van der Waals surface area contributed by atoms with E-state index >= 15 is 0 Å². The van der Waals surface area contributed by atoms with Crippen LogP contribution < -0.4 is 10.9 Å². The number of hydrogen-bond acceptors (Lipinski definition) is 5. The molecule has 0 unspecified atom stereocenters. The molecular weight excluding hydrogens is 376 g/mol. The minimum atomic E-state index is -0.157. The predicted molar refractivity (Wildman–Crippen MR) is 110 cm³/mol. The van der Waals surface area contributed by atoms with E-state index in [2.05, 4.69) is 31.3 Å². The lowest BCUT2D eigenvalue weighted by Gasteiger charge is -2.21. The van der Waals surface area contributed by atoms with E-state index in [0.29, 0.717) is 17.0 Å². The molecule has 1 aromatic carbocycles. The van der Waals surface area contributed by atoms with E-state index in [1.807, 2.05) is 36.6 Å². The van der Waals surface area contributed by atoms with Crippen molar-refractivity contribution in [2.24, 2.45) is 0 Å². The van der Waals surface area contributed by atoms with Crippen LogP contribution in [0.5, 0.6) is 0 Å². The molecule has 142 valence electrons. The third kappa shape index (κ3) is 2.74. The number of nitrogens with one attached hydrogen (secondary N) is 2. The molecule has 0 bridgehead atoms. The number of halogens is 1. The highest BCUT2D eigenvalue weighted by Gasteiger charge is 2.29. The standard InChI is InChI=1S/C20H19ClN6O/c1-10-4-3-5-12-8-14(27(13-6-7-13)19(28)15(10)12)11(2)24-18-16-17(23-9-22-16)25-20(21)26-18/h3-5,8-9,11,13H,6-7H2,1-2H3,(H2,22,23,24,25,26)/t11-/m0/s1. The predicted octanol–water partition coefficient (Wildman–Crippen LogP) is 4.14. The first-order valence-corrected chi connectivity index (χ1v) is 9.68. The van der Waals surface area contributed by atoms with Crippen LogP contribution in [0.2, 0.25) is 5.28 Å². The molecular formula is C20H19ClN6O. The van der Waals surface area contributed by atoms with Crippen molar-refractivity contribution in [1.82, 2.24) is 24.5 Å². The van der Waals surface area contributed by atoms with E-state index in [-0.39, 0.29) is 22.9 Å². The summed E-state index contributed by atoms with van der Waals surface area (Å²) in [4.78, 5) is 28.9. The third-order valence-electron chi connectivity index (χ3n) is 5.29. The molecule has 0 aliphatic heterocycles. The van der Waals surface area contributed by atoms with Gasteiger partial charge in [0.25, 0.3) is 5.56 Å². The Morgan fingerprint density at radius 1 is 1.32 bits per heavy atom. The lowest BCUT2D eigenvalue weighted by Crippen LogP contribution is -2.26.